The highest BCUT2D eigenvalue weighted by atomic mass is 16.2. The fourth-order valence-electron chi connectivity index (χ4n) is 3.51. The van der Waals surface area contributed by atoms with Gasteiger partial charge in [0.25, 0.3) is 17.7 Å². The van der Waals surface area contributed by atoms with E-state index in [1.54, 1.807) is 18.3 Å². The molecule has 6 heteroatoms. The second kappa shape index (κ2) is 8.29. The number of carbonyl (C=O) groups is 3. The van der Waals surface area contributed by atoms with E-state index in [1.165, 1.54) is 11.0 Å². The molecule has 150 valence electrons. The summed E-state index contributed by atoms with van der Waals surface area (Å²) < 4.78 is 0. The van der Waals surface area contributed by atoms with Gasteiger partial charge in [-0.25, -0.2) is 0 Å². The molecule has 0 fully saturated rings. The molecular formula is C24H21N3O3. The van der Waals surface area contributed by atoms with E-state index in [2.05, 4.69) is 10.3 Å². The van der Waals surface area contributed by atoms with Crippen LogP contribution in [0.25, 0.3) is 0 Å². The van der Waals surface area contributed by atoms with E-state index in [4.69, 9.17) is 0 Å². The van der Waals surface area contributed by atoms with Crippen LogP contribution in [-0.2, 0) is 6.42 Å². The highest BCUT2D eigenvalue weighted by molar-refractivity contribution is 6.22. The van der Waals surface area contributed by atoms with Crippen molar-refractivity contribution in [1.29, 1.82) is 0 Å². The molecule has 1 atom stereocenters. The van der Waals surface area contributed by atoms with Crippen molar-refractivity contribution in [3.63, 3.8) is 0 Å². The Bertz CT molecular complexity index is 1100. The highest BCUT2D eigenvalue weighted by Gasteiger charge is 2.35. The monoisotopic (exact) mass is 399 g/mol. The fourth-order valence-corrected chi connectivity index (χ4v) is 3.51. The molecule has 30 heavy (non-hydrogen) atoms. The van der Waals surface area contributed by atoms with Crippen LogP contribution in [0.4, 0.5) is 0 Å². The Morgan fingerprint density at radius 1 is 0.967 bits per heavy atom. The molecule has 0 radical (unpaired) electrons. The lowest BCUT2D eigenvalue weighted by Gasteiger charge is -2.13. The van der Waals surface area contributed by atoms with Crippen LogP contribution < -0.4 is 5.32 Å². The summed E-state index contributed by atoms with van der Waals surface area (Å²) in [4.78, 5) is 43.6. The van der Waals surface area contributed by atoms with E-state index in [0.29, 0.717) is 24.1 Å². The fraction of sp³-hybridized carbons (Fsp3) is 0.167. The number of rotatable bonds is 6. The minimum absolute atomic E-state index is 0.270. The molecule has 1 aliphatic rings. The van der Waals surface area contributed by atoms with Gasteiger partial charge in [0.05, 0.1) is 22.9 Å². The Hall–Kier alpha value is -3.80. The molecule has 3 amide bonds. The second-order valence-corrected chi connectivity index (χ2v) is 7.21. The summed E-state index contributed by atoms with van der Waals surface area (Å²) in [6, 6.07) is 19.5. The van der Waals surface area contributed by atoms with Crippen molar-refractivity contribution in [2.45, 2.75) is 19.4 Å². The number of hydrogen-bond acceptors (Lipinski definition) is 4. The number of carbonyl (C=O) groups excluding carboxylic acids is 3. The maximum Gasteiger partial charge on any atom is 0.261 e. The van der Waals surface area contributed by atoms with Crippen LogP contribution in [-0.4, -0.2) is 34.2 Å². The van der Waals surface area contributed by atoms with Gasteiger partial charge < -0.3 is 5.32 Å². The minimum Gasteiger partial charge on any atom is -0.344 e. The molecule has 0 bridgehead atoms. The maximum atomic E-state index is 12.8. The highest BCUT2D eigenvalue weighted by Crippen LogP contribution is 2.24. The van der Waals surface area contributed by atoms with Gasteiger partial charge in [-0.1, -0.05) is 36.4 Å². The summed E-state index contributed by atoms with van der Waals surface area (Å²) in [5, 5.41) is 2.88. The van der Waals surface area contributed by atoms with Crippen molar-refractivity contribution in [1.82, 2.24) is 15.2 Å². The molecule has 2 heterocycles. The number of nitrogens with zero attached hydrogens (tertiary/aromatic N) is 2. The number of pyridine rings is 1. The first-order chi connectivity index (χ1) is 14.5. The summed E-state index contributed by atoms with van der Waals surface area (Å²) in [5.41, 5.74) is 2.74. The molecule has 3 aromatic rings. The molecule has 0 spiro atoms. The average molecular weight is 399 g/mol. The van der Waals surface area contributed by atoms with Gasteiger partial charge in [0, 0.05) is 18.3 Å². The third-order valence-electron chi connectivity index (χ3n) is 5.18. The third kappa shape index (κ3) is 3.85. The Kier molecular flexibility index (Phi) is 5.39. The lowest BCUT2D eigenvalue weighted by molar-refractivity contribution is 0.0656. The maximum absolute atomic E-state index is 12.8. The molecule has 1 aromatic heterocycles. The van der Waals surface area contributed by atoms with Crippen LogP contribution in [0.2, 0.25) is 0 Å². The summed E-state index contributed by atoms with van der Waals surface area (Å²) in [5.74, 6) is -1.00. The smallest absolute Gasteiger partial charge is 0.261 e. The van der Waals surface area contributed by atoms with E-state index in [1.807, 2.05) is 55.5 Å². The molecular weight excluding hydrogens is 378 g/mol. The normalized spacial score (nSPS) is 13.8. The number of amides is 3. The van der Waals surface area contributed by atoms with Gasteiger partial charge in [0.15, 0.2) is 0 Å². The zero-order chi connectivity index (χ0) is 21.1. The van der Waals surface area contributed by atoms with Crippen molar-refractivity contribution in [3.8, 4) is 0 Å². The van der Waals surface area contributed by atoms with Crippen LogP contribution in [0.15, 0.2) is 72.9 Å². The van der Waals surface area contributed by atoms with E-state index in [-0.39, 0.29) is 29.3 Å². The minimum atomic E-state index is -0.363. The van der Waals surface area contributed by atoms with Gasteiger partial charge in [0.1, 0.15) is 0 Å². The summed E-state index contributed by atoms with van der Waals surface area (Å²) >= 11 is 0. The van der Waals surface area contributed by atoms with Crippen LogP contribution in [0, 0.1) is 0 Å². The lowest BCUT2D eigenvalue weighted by Crippen LogP contribution is -2.31. The standard InChI is InChI=1S/C24H21N3O3/c1-16(21-9-5-6-13-25-21)26-22(28)18-10-11-19-20(15-18)24(30)27(23(19)29)14-12-17-7-3-2-4-8-17/h2-11,13,15-16H,12,14H2,1H3,(H,26,28). The molecule has 6 nitrogen and oxygen atoms in total. The number of hydrogen-bond donors (Lipinski definition) is 1. The quantitative estimate of drug-likeness (QED) is 0.644. The predicted octanol–water partition coefficient (Wildman–Crippen LogP) is 3.41. The molecule has 0 saturated heterocycles. The van der Waals surface area contributed by atoms with Crippen LogP contribution in [0.3, 0.4) is 0 Å². The first-order valence-electron chi connectivity index (χ1n) is 9.80. The molecule has 1 N–H and O–H groups in total. The topological polar surface area (TPSA) is 79.4 Å². The average Bonchev–Trinajstić information content (AvgIpc) is 3.02. The van der Waals surface area contributed by atoms with Gasteiger partial charge in [-0.05, 0) is 49.2 Å². The van der Waals surface area contributed by atoms with Crippen LogP contribution >= 0.6 is 0 Å². The largest absolute Gasteiger partial charge is 0.344 e. The molecule has 2 aromatic carbocycles. The van der Waals surface area contributed by atoms with Crippen molar-refractivity contribution < 1.29 is 14.4 Å². The SMILES string of the molecule is CC(NC(=O)c1ccc2c(c1)C(=O)N(CCc1ccccc1)C2=O)c1ccccn1. The van der Waals surface area contributed by atoms with Gasteiger partial charge in [-0.15, -0.1) is 0 Å². The predicted molar refractivity (Wildman–Crippen MR) is 112 cm³/mol. The van der Waals surface area contributed by atoms with Crippen LogP contribution in [0.5, 0.6) is 0 Å². The Morgan fingerprint density at radius 2 is 1.70 bits per heavy atom. The van der Waals surface area contributed by atoms with Crippen molar-refractivity contribution in [2.75, 3.05) is 6.54 Å². The molecule has 1 unspecified atom stereocenters. The van der Waals surface area contributed by atoms with E-state index in [9.17, 15) is 14.4 Å². The molecule has 0 aliphatic carbocycles. The van der Waals surface area contributed by atoms with E-state index in [0.717, 1.165) is 11.3 Å². The molecule has 1 aliphatic heterocycles. The Balaban J connectivity index is 1.48. The zero-order valence-electron chi connectivity index (χ0n) is 16.5. The first-order valence-corrected chi connectivity index (χ1v) is 9.80. The van der Waals surface area contributed by atoms with Gasteiger partial charge in [-0.3, -0.25) is 24.3 Å². The van der Waals surface area contributed by atoms with E-state index >= 15 is 0 Å². The number of benzene rings is 2. The molecule has 0 saturated carbocycles. The third-order valence-corrected chi connectivity index (χ3v) is 5.18. The number of nitrogens with one attached hydrogen (secondary N) is 1. The van der Waals surface area contributed by atoms with Crippen molar-refractivity contribution in [2.24, 2.45) is 0 Å². The van der Waals surface area contributed by atoms with Crippen molar-refractivity contribution in [3.05, 3.63) is 101 Å². The van der Waals surface area contributed by atoms with Gasteiger partial charge in [-0.2, -0.15) is 0 Å². The number of imide groups is 1. The Labute approximate surface area is 174 Å². The van der Waals surface area contributed by atoms with Crippen molar-refractivity contribution >= 4 is 17.7 Å². The summed E-state index contributed by atoms with van der Waals surface area (Å²) in [7, 11) is 0. The zero-order valence-corrected chi connectivity index (χ0v) is 16.5. The summed E-state index contributed by atoms with van der Waals surface area (Å²) in [6.07, 6.45) is 2.25. The lowest BCUT2D eigenvalue weighted by atomic mass is 10.0. The van der Waals surface area contributed by atoms with Gasteiger partial charge >= 0.3 is 0 Å². The number of aromatic nitrogens is 1. The Morgan fingerprint density at radius 3 is 2.43 bits per heavy atom. The molecule has 4 rings (SSSR count). The summed E-state index contributed by atoms with van der Waals surface area (Å²) in [6.45, 7) is 2.14. The number of fused-ring (bicyclic) bond motifs is 1. The van der Waals surface area contributed by atoms with Gasteiger partial charge in [0.2, 0.25) is 0 Å². The first kappa shape index (κ1) is 19.5. The van der Waals surface area contributed by atoms with Crippen LogP contribution in [0.1, 0.15) is 55.3 Å². The van der Waals surface area contributed by atoms with E-state index < -0.39 is 0 Å². The second-order valence-electron chi connectivity index (χ2n) is 7.21.